The van der Waals surface area contributed by atoms with Crippen LogP contribution in [0.2, 0.25) is 0 Å². The molecule has 0 aliphatic heterocycles. The number of hydrogen-bond acceptors (Lipinski definition) is 5. The Balaban J connectivity index is 0.0000102. The van der Waals surface area contributed by atoms with Gasteiger partial charge in [0.15, 0.2) is 6.73 Å². The number of amides is 1. The van der Waals surface area contributed by atoms with Crippen LogP contribution in [-0.4, -0.2) is 25.6 Å². The molecule has 1 rings (SSSR count). The van der Waals surface area contributed by atoms with Gasteiger partial charge in [-0.05, 0) is 44.2 Å². The Kier molecular flexibility index (Phi) is 20.0. The van der Waals surface area contributed by atoms with Crippen LogP contribution in [0.25, 0.3) is 0 Å². The summed E-state index contributed by atoms with van der Waals surface area (Å²) in [6.45, 7) is 2.08. The molecule has 0 fully saturated rings. The molecule has 1 N–H and O–H groups in total. The first kappa shape index (κ1) is 32.1. The number of unbranched alkanes of at least 4 members (excludes halogenated alkanes) is 11. The third kappa shape index (κ3) is 17.3. The molecule has 33 heavy (non-hydrogen) atoms. The van der Waals surface area contributed by atoms with Crippen LogP contribution in [0.5, 0.6) is 5.75 Å². The predicted octanol–water partition coefficient (Wildman–Crippen LogP) is 3.08. The Morgan fingerprint density at radius 1 is 0.909 bits per heavy atom. The molecular weight excluding hydrogens is 449 g/mol. The molecule has 0 heterocycles. The van der Waals surface area contributed by atoms with Gasteiger partial charge in [0.05, 0.1) is 4.90 Å². The van der Waals surface area contributed by atoms with Crippen molar-refractivity contribution in [2.75, 3.05) is 6.73 Å². The number of benzene rings is 1. The number of hydrogen-bond donors (Lipinski definition) is 1. The van der Waals surface area contributed by atoms with E-state index in [1.54, 1.807) is 6.07 Å². The van der Waals surface area contributed by atoms with Gasteiger partial charge in [-0.2, -0.15) is 0 Å². The standard InChI is InChI=1S/C25H41NO5S.Na/c1-2-3-4-5-6-7-8-9-10-11-12-13-14-15-16-21-25(27)26-22-31-23-19-17-18-20-24(23)32(28,29)30;/h9-10,17-20H,2-8,11-16,21-22H2,1H3,(H,26,27)(H,28,29,30);/q;+1/p-1/b10-9-;. The van der Waals surface area contributed by atoms with Crippen molar-refractivity contribution in [3.63, 3.8) is 0 Å². The largest absolute Gasteiger partial charge is 1.00 e. The fourth-order valence-electron chi connectivity index (χ4n) is 3.41. The summed E-state index contributed by atoms with van der Waals surface area (Å²) in [6, 6.07) is 5.59. The molecule has 0 bridgehead atoms. The zero-order valence-electron chi connectivity index (χ0n) is 20.5. The van der Waals surface area contributed by atoms with Crippen molar-refractivity contribution in [2.45, 2.75) is 102 Å². The Morgan fingerprint density at radius 2 is 1.45 bits per heavy atom. The van der Waals surface area contributed by atoms with Crippen LogP contribution in [0.4, 0.5) is 0 Å². The molecule has 0 aliphatic rings. The third-order valence-electron chi connectivity index (χ3n) is 5.28. The van der Waals surface area contributed by atoms with E-state index in [1.165, 1.54) is 76.0 Å². The van der Waals surface area contributed by atoms with Crippen LogP contribution < -0.4 is 39.6 Å². The van der Waals surface area contributed by atoms with E-state index < -0.39 is 15.0 Å². The minimum absolute atomic E-state index is 0. The van der Waals surface area contributed by atoms with E-state index in [2.05, 4.69) is 24.4 Å². The number of nitrogens with one attached hydrogen (secondary N) is 1. The van der Waals surface area contributed by atoms with Crippen molar-refractivity contribution in [2.24, 2.45) is 0 Å². The first-order chi connectivity index (χ1) is 15.4. The first-order valence-corrected chi connectivity index (χ1v) is 13.5. The van der Waals surface area contributed by atoms with Gasteiger partial charge >= 0.3 is 29.6 Å². The van der Waals surface area contributed by atoms with Crippen LogP contribution in [0.1, 0.15) is 96.8 Å². The van der Waals surface area contributed by atoms with Gasteiger partial charge in [-0.1, -0.05) is 82.6 Å². The number of ether oxygens (including phenoxy) is 1. The average Bonchev–Trinajstić information content (AvgIpc) is 2.76. The van der Waals surface area contributed by atoms with Gasteiger partial charge in [0.25, 0.3) is 0 Å². The summed E-state index contributed by atoms with van der Waals surface area (Å²) in [5, 5.41) is 2.59. The minimum Gasteiger partial charge on any atom is -0.744 e. The van der Waals surface area contributed by atoms with E-state index in [4.69, 9.17) is 4.74 Å². The molecule has 8 heteroatoms. The van der Waals surface area contributed by atoms with Gasteiger partial charge in [0.2, 0.25) is 5.91 Å². The summed E-state index contributed by atoms with van der Waals surface area (Å²) >= 11 is 0. The van der Waals surface area contributed by atoms with Crippen molar-refractivity contribution in [1.29, 1.82) is 0 Å². The summed E-state index contributed by atoms with van der Waals surface area (Å²) in [5.74, 6) is -0.200. The quantitative estimate of drug-likeness (QED) is 0.106. The summed E-state index contributed by atoms with van der Waals surface area (Å²) in [6.07, 6.45) is 20.7. The average molecular weight is 490 g/mol. The van der Waals surface area contributed by atoms with E-state index in [0.29, 0.717) is 6.42 Å². The van der Waals surface area contributed by atoms with Crippen LogP contribution in [0.15, 0.2) is 41.3 Å². The molecule has 0 saturated heterocycles. The van der Waals surface area contributed by atoms with Crippen LogP contribution in [0.3, 0.4) is 0 Å². The SMILES string of the molecule is CCCCCCCC/C=C\CCCCCCCC(=O)NCOc1ccccc1S(=O)(=O)[O-].[Na+]. The first-order valence-electron chi connectivity index (χ1n) is 12.0. The molecule has 0 aromatic heterocycles. The molecule has 6 nitrogen and oxygen atoms in total. The van der Waals surface area contributed by atoms with Gasteiger partial charge in [-0.25, -0.2) is 8.42 Å². The fourth-order valence-corrected chi connectivity index (χ4v) is 4.03. The second kappa shape index (κ2) is 20.5. The monoisotopic (exact) mass is 489 g/mol. The van der Waals surface area contributed by atoms with E-state index in [1.807, 2.05) is 0 Å². The molecule has 0 aliphatic carbocycles. The molecule has 0 saturated carbocycles. The summed E-state index contributed by atoms with van der Waals surface area (Å²) in [5.41, 5.74) is 0. The molecular formula is C25H40NNaO5S. The molecule has 182 valence electrons. The molecule has 0 atom stereocenters. The summed E-state index contributed by atoms with van der Waals surface area (Å²) < 4.78 is 38.8. The van der Waals surface area contributed by atoms with E-state index >= 15 is 0 Å². The molecule has 1 aromatic carbocycles. The summed E-state index contributed by atoms with van der Waals surface area (Å²) in [4.78, 5) is 11.4. The van der Waals surface area contributed by atoms with Crippen molar-refractivity contribution in [3.05, 3.63) is 36.4 Å². The van der Waals surface area contributed by atoms with Crippen LogP contribution in [0, 0.1) is 0 Å². The number of rotatable bonds is 19. The van der Waals surface area contributed by atoms with Gasteiger partial charge in [-0.3, -0.25) is 4.79 Å². The minimum atomic E-state index is -4.61. The Hall–Kier alpha value is -0.860. The Morgan fingerprint density at radius 3 is 2.06 bits per heavy atom. The van der Waals surface area contributed by atoms with Gasteiger partial charge in [0, 0.05) is 6.42 Å². The van der Waals surface area contributed by atoms with Crippen molar-refractivity contribution >= 4 is 16.0 Å². The Labute approximate surface area is 223 Å². The van der Waals surface area contributed by atoms with Crippen LogP contribution in [-0.2, 0) is 14.9 Å². The van der Waals surface area contributed by atoms with Gasteiger partial charge in [0.1, 0.15) is 15.9 Å². The number of para-hydroxylation sites is 1. The third-order valence-corrected chi connectivity index (χ3v) is 6.16. The van der Waals surface area contributed by atoms with E-state index in [0.717, 1.165) is 25.7 Å². The normalized spacial score (nSPS) is 11.3. The fraction of sp³-hybridized carbons (Fsp3) is 0.640. The number of carbonyl (C=O) groups is 1. The number of carbonyl (C=O) groups excluding carboxylic acids is 1. The maximum absolute atomic E-state index is 11.9. The zero-order chi connectivity index (χ0) is 23.5. The van der Waals surface area contributed by atoms with Crippen LogP contribution >= 0.6 is 0 Å². The van der Waals surface area contributed by atoms with E-state index in [-0.39, 0.29) is 47.9 Å². The number of allylic oxidation sites excluding steroid dienone is 2. The second-order valence-corrected chi connectivity index (χ2v) is 9.47. The molecule has 0 unspecified atom stereocenters. The molecule has 0 spiro atoms. The maximum Gasteiger partial charge on any atom is 1.00 e. The summed E-state index contributed by atoms with van der Waals surface area (Å²) in [7, 11) is -4.61. The second-order valence-electron chi connectivity index (χ2n) is 8.12. The van der Waals surface area contributed by atoms with Gasteiger partial charge < -0.3 is 14.6 Å². The van der Waals surface area contributed by atoms with Crippen molar-refractivity contribution in [1.82, 2.24) is 5.32 Å². The molecule has 1 aromatic rings. The predicted molar refractivity (Wildman–Crippen MR) is 127 cm³/mol. The maximum atomic E-state index is 11.9. The molecule has 0 radical (unpaired) electrons. The van der Waals surface area contributed by atoms with E-state index in [9.17, 15) is 17.8 Å². The smallest absolute Gasteiger partial charge is 0.744 e. The Bertz CT molecular complexity index is 768. The topological polar surface area (TPSA) is 95.5 Å². The van der Waals surface area contributed by atoms with Gasteiger partial charge in [-0.15, -0.1) is 0 Å². The molecule has 1 amide bonds. The van der Waals surface area contributed by atoms with Crippen molar-refractivity contribution in [3.8, 4) is 5.75 Å². The van der Waals surface area contributed by atoms with Crippen molar-refractivity contribution < 1.29 is 52.1 Å². The zero-order valence-corrected chi connectivity index (χ0v) is 23.3.